The number of rotatable bonds is 2. The van der Waals surface area contributed by atoms with Gasteiger partial charge in [0.15, 0.2) is 0 Å². The van der Waals surface area contributed by atoms with Crippen molar-refractivity contribution in [2.24, 2.45) is 5.73 Å². The van der Waals surface area contributed by atoms with Gasteiger partial charge in [0.25, 0.3) is 0 Å². The summed E-state index contributed by atoms with van der Waals surface area (Å²) >= 11 is 0. The fourth-order valence-corrected chi connectivity index (χ4v) is 2.41. The molecule has 0 bridgehead atoms. The molecule has 0 radical (unpaired) electrons. The van der Waals surface area contributed by atoms with E-state index in [9.17, 15) is 0 Å². The molecular weight excluding hydrogens is 222 g/mol. The largest absolute Gasteiger partial charge is 0.469 e. The van der Waals surface area contributed by atoms with E-state index < -0.39 is 0 Å². The summed E-state index contributed by atoms with van der Waals surface area (Å²) in [7, 11) is 0. The van der Waals surface area contributed by atoms with Crippen LogP contribution in [-0.4, -0.2) is 0 Å². The summed E-state index contributed by atoms with van der Waals surface area (Å²) in [6.07, 6.45) is 1.69. The van der Waals surface area contributed by atoms with Crippen LogP contribution >= 0.6 is 0 Å². The summed E-state index contributed by atoms with van der Waals surface area (Å²) in [5.41, 5.74) is 8.55. The number of aryl methyl sites for hydroxylation is 1. The molecular formula is C16H15NO. The van der Waals surface area contributed by atoms with Crippen molar-refractivity contribution in [3.63, 3.8) is 0 Å². The lowest BCUT2D eigenvalue weighted by Crippen LogP contribution is -2.12. The summed E-state index contributed by atoms with van der Waals surface area (Å²) in [4.78, 5) is 0. The molecule has 2 nitrogen and oxygen atoms in total. The van der Waals surface area contributed by atoms with Gasteiger partial charge in [-0.3, -0.25) is 0 Å². The molecule has 2 heteroatoms. The SMILES string of the molecule is Cc1occc1C(N)c1cccc2ccccc12. The van der Waals surface area contributed by atoms with Crippen molar-refractivity contribution in [2.75, 3.05) is 0 Å². The highest BCUT2D eigenvalue weighted by Gasteiger charge is 2.15. The Bertz CT molecular complexity index is 679. The molecule has 90 valence electrons. The number of fused-ring (bicyclic) bond motifs is 1. The fourth-order valence-electron chi connectivity index (χ4n) is 2.41. The molecule has 1 unspecified atom stereocenters. The van der Waals surface area contributed by atoms with Gasteiger partial charge in [0.05, 0.1) is 12.3 Å². The van der Waals surface area contributed by atoms with Crippen LogP contribution < -0.4 is 5.73 Å². The first-order valence-corrected chi connectivity index (χ1v) is 6.04. The van der Waals surface area contributed by atoms with Crippen molar-refractivity contribution >= 4 is 10.8 Å². The third kappa shape index (κ3) is 1.71. The van der Waals surface area contributed by atoms with E-state index in [1.165, 1.54) is 10.8 Å². The van der Waals surface area contributed by atoms with Gasteiger partial charge in [0, 0.05) is 5.56 Å². The molecule has 3 rings (SSSR count). The molecule has 1 heterocycles. The van der Waals surface area contributed by atoms with Gasteiger partial charge in [-0.15, -0.1) is 0 Å². The van der Waals surface area contributed by atoms with Crippen molar-refractivity contribution < 1.29 is 4.42 Å². The van der Waals surface area contributed by atoms with Gasteiger partial charge in [-0.2, -0.15) is 0 Å². The second-order valence-electron chi connectivity index (χ2n) is 4.48. The Labute approximate surface area is 106 Å². The van der Waals surface area contributed by atoms with Crippen LogP contribution in [0.15, 0.2) is 59.2 Å². The zero-order chi connectivity index (χ0) is 12.5. The lowest BCUT2D eigenvalue weighted by Gasteiger charge is -2.14. The molecule has 1 aromatic heterocycles. The van der Waals surface area contributed by atoms with Crippen LogP contribution in [0.5, 0.6) is 0 Å². The van der Waals surface area contributed by atoms with Gasteiger partial charge in [-0.25, -0.2) is 0 Å². The zero-order valence-corrected chi connectivity index (χ0v) is 10.3. The Balaban J connectivity index is 2.18. The van der Waals surface area contributed by atoms with Crippen molar-refractivity contribution in [1.82, 2.24) is 0 Å². The number of hydrogen-bond donors (Lipinski definition) is 1. The van der Waals surface area contributed by atoms with E-state index in [0.717, 1.165) is 16.9 Å². The van der Waals surface area contributed by atoms with Gasteiger partial charge in [0.2, 0.25) is 0 Å². The van der Waals surface area contributed by atoms with E-state index in [1.807, 2.05) is 31.2 Å². The first kappa shape index (κ1) is 11.1. The lowest BCUT2D eigenvalue weighted by atomic mass is 9.95. The van der Waals surface area contributed by atoms with Gasteiger partial charge in [0.1, 0.15) is 5.76 Å². The number of hydrogen-bond acceptors (Lipinski definition) is 2. The Kier molecular flexibility index (Phi) is 2.65. The highest BCUT2D eigenvalue weighted by molar-refractivity contribution is 5.86. The fraction of sp³-hybridized carbons (Fsp3) is 0.125. The molecule has 1 atom stereocenters. The Morgan fingerprint density at radius 1 is 0.944 bits per heavy atom. The first-order chi connectivity index (χ1) is 8.77. The van der Waals surface area contributed by atoms with E-state index in [1.54, 1.807) is 6.26 Å². The first-order valence-electron chi connectivity index (χ1n) is 6.04. The van der Waals surface area contributed by atoms with E-state index in [2.05, 4.69) is 24.3 Å². The van der Waals surface area contributed by atoms with Crippen LogP contribution in [0.2, 0.25) is 0 Å². The van der Waals surface area contributed by atoms with Gasteiger partial charge in [-0.05, 0) is 29.3 Å². The molecule has 0 aliphatic rings. The molecule has 0 saturated carbocycles. The average molecular weight is 237 g/mol. The maximum atomic E-state index is 6.37. The summed E-state index contributed by atoms with van der Waals surface area (Å²) in [6.45, 7) is 1.94. The monoisotopic (exact) mass is 237 g/mol. The summed E-state index contributed by atoms with van der Waals surface area (Å²) in [6, 6.07) is 16.3. The molecule has 2 N–H and O–H groups in total. The predicted molar refractivity (Wildman–Crippen MR) is 73.4 cm³/mol. The Morgan fingerprint density at radius 2 is 1.72 bits per heavy atom. The minimum absolute atomic E-state index is 0.144. The predicted octanol–water partition coefficient (Wildman–Crippen LogP) is 3.79. The minimum Gasteiger partial charge on any atom is -0.469 e. The van der Waals surface area contributed by atoms with Crippen LogP contribution in [0.25, 0.3) is 10.8 Å². The van der Waals surface area contributed by atoms with Gasteiger partial charge in [-0.1, -0.05) is 42.5 Å². The Hall–Kier alpha value is -2.06. The second kappa shape index (κ2) is 4.31. The Morgan fingerprint density at radius 3 is 2.50 bits per heavy atom. The average Bonchev–Trinajstić information content (AvgIpc) is 2.83. The quantitative estimate of drug-likeness (QED) is 0.736. The lowest BCUT2D eigenvalue weighted by molar-refractivity contribution is 0.527. The molecule has 0 fully saturated rings. The molecule has 0 aliphatic carbocycles. The maximum absolute atomic E-state index is 6.37. The highest BCUT2D eigenvalue weighted by Crippen LogP contribution is 2.29. The second-order valence-corrected chi connectivity index (χ2v) is 4.48. The van der Waals surface area contributed by atoms with Crippen LogP contribution in [-0.2, 0) is 0 Å². The minimum atomic E-state index is -0.144. The number of nitrogens with two attached hydrogens (primary N) is 1. The van der Waals surface area contributed by atoms with Crippen molar-refractivity contribution in [3.8, 4) is 0 Å². The van der Waals surface area contributed by atoms with Gasteiger partial charge >= 0.3 is 0 Å². The number of furan rings is 1. The van der Waals surface area contributed by atoms with E-state index in [0.29, 0.717) is 0 Å². The van der Waals surface area contributed by atoms with Crippen molar-refractivity contribution in [3.05, 3.63) is 71.7 Å². The summed E-state index contributed by atoms with van der Waals surface area (Å²) < 4.78 is 5.34. The zero-order valence-electron chi connectivity index (χ0n) is 10.3. The van der Waals surface area contributed by atoms with E-state index >= 15 is 0 Å². The molecule has 0 aliphatic heterocycles. The van der Waals surface area contributed by atoms with Crippen LogP contribution in [0.3, 0.4) is 0 Å². The molecule has 18 heavy (non-hydrogen) atoms. The van der Waals surface area contributed by atoms with E-state index in [4.69, 9.17) is 10.2 Å². The third-order valence-corrected chi connectivity index (χ3v) is 3.39. The van der Waals surface area contributed by atoms with Crippen LogP contribution in [0.4, 0.5) is 0 Å². The van der Waals surface area contributed by atoms with Gasteiger partial charge < -0.3 is 10.2 Å². The van der Waals surface area contributed by atoms with Crippen molar-refractivity contribution in [2.45, 2.75) is 13.0 Å². The molecule has 0 amide bonds. The van der Waals surface area contributed by atoms with Crippen molar-refractivity contribution in [1.29, 1.82) is 0 Å². The number of benzene rings is 2. The molecule has 3 aromatic rings. The van der Waals surface area contributed by atoms with Crippen LogP contribution in [0.1, 0.15) is 22.9 Å². The van der Waals surface area contributed by atoms with E-state index in [-0.39, 0.29) is 6.04 Å². The molecule has 2 aromatic carbocycles. The molecule has 0 saturated heterocycles. The molecule has 0 spiro atoms. The standard InChI is InChI=1S/C16H15NO/c1-11-13(9-10-18-11)16(17)15-8-4-6-12-5-2-3-7-14(12)15/h2-10,16H,17H2,1H3. The summed E-state index contributed by atoms with van der Waals surface area (Å²) in [5, 5.41) is 2.42. The maximum Gasteiger partial charge on any atom is 0.105 e. The smallest absolute Gasteiger partial charge is 0.105 e. The third-order valence-electron chi connectivity index (χ3n) is 3.39. The van der Waals surface area contributed by atoms with Crippen LogP contribution in [0, 0.1) is 6.92 Å². The normalized spacial score (nSPS) is 12.8. The summed E-state index contributed by atoms with van der Waals surface area (Å²) in [5.74, 6) is 0.885. The topological polar surface area (TPSA) is 39.2 Å². The highest BCUT2D eigenvalue weighted by atomic mass is 16.3.